The van der Waals surface area contributed by atoms with Crippen molar-refractivity contribution >= 4 is 29.3 Å². The Kier molecular flexibility index (Phi) is 7.70. The molecule has 1 atom stereocenters. The van der Waals surface area contributed by atoms with Gasteiger partial charge in [0.2, 0.25) is 11.9 Å². The van der Waals surface area contributed by atoms with Crippen LogP contribution < -0.4 is 22.5 Å². The largest absolute Gasteiger partial charge is 0.416 e. The van der Waals surface area contributed by atoms with Gasteiger partial charge in [-0.25, -0.2) is 9.97 Å². The molecule has 1 aromatic heterocycles. The lowest BCUT2D eigenvalue weighted by atomic mass is 9.85. The topological polar surface area (TPSA) is 157 Å². The predicted molar refractivity (Wildman–Crippen MR) is 112 cm³/mol. The number of thioether (sulfide) groups is 1. The van der Waals surface area contributed by atoms with Crippen molar-refractivity contribution in [2.75, 3.05) is 23.9 Å². The minimum Gasteiger partial charge on any atom is -0.368 e. The summed E-state index contributed by atoms with van der Waals surface area (Å²) >= 11 is 1.11. The highest BCUT2D eigenvalue weighted by atomic mass is 32.2. The number of alkyl halides is 3. The summed E-state index contributed by atoms with van der Waals surface area (Å²) in [4.78, 5) is 20.9. The van der Waals surface area contributed by atoms with Crippen molar-refractivity contribution in [3.05, 3.63) is 41.1 Å². The second-order valence-corrected chi connectivity index (χ2v) is 7.44. The maximum absolute atomic E-state index is 13.2. The zero-order chi connectivity index (χ0) is 23.2. The number of primary amides is 1. The number of rotatable bonds is 9. The summed E-state index contributed by atoms with van der Waals surface area (Å²) < 4.78 is 39.6. The number of aromatic nitrogens is 2. The summed E-state index contributed by atoms with van der Waals surface area (Å²) in [7, 11) is 0. The fourth-order valence-corrected chi connectivity index (χ4v) is 3.64. The van der Waals surface area contributed by atoms with Crippen LogP contribution in [0.15, 0.2) is 29.3 Å². The average molecular weight is 453 g/mol. The molecular formula is C19H22F3N7OS. The van der Waals surface area contributed by atoms with Crippen LogP contribution in [0.3, 0.4) is 0 Å². The standard InChI is InChI=1S/C19H22F3N7OS/c1-31-15-13(10-24)14(27-17(26)28-15)18(16(25)30,7-2-3-8-23)29-12-6-4-5-11(9-12)19(20,21)22/h4-6,9,29H,2-3,7-8,23H2,1H3,(H2,25,30)(H2,26,27,28)/t18-/m0/s1. The van der Waals surface area contributed by atoms with E-state index in [1.165, 1.54) is 12.1 Å². The second kappa shape index (κ2) is 9.84. The van der Waals surface area contributed by atoms with Gasteiger partial charge in [-0.1, -0.05) is 6.07 Å². The van der Waals surface area contributed by atoms with E-state index in [9.17, 15) is 23.2 Å². The highest BCUT2D eigenvalue weighted by Gasteiger charge is 2.43. The number of unbranched alkanes of at least 4 members (excludes halogenated alkanes) is 1. The van der Waals surface area contributed by atoms with E-state index in [-0.39, 0.29) is 34.3 Å². The smallest absolute Gasteiger partial charge is 0.368 e. The first kappa shape index (κ1) is 24.2. The Morgan fingerprint density at radius 2 is 2.00 bits per heavy atom. The van der Waals surface area contributed by atoms with Crippen LogP contribution in [0.2, 0.25) is 0 Å². The zero-order valence-corrected chi connectivity index (χ0v) is 17.5. The number of hydrogen-bond donors (Lipinski definition) is 4. The van der Waals surface area contributed by atoms with Crippen molar-refractivity contribution in [1.29, 1.82) is 5.26 Å². The minimum atomic E-state index is -4.59. The van der Waals surface area contributed by atoms with E-state index in [0.717, 1.165) is 23.9 Å². The number of hydrogen-bond acceptors (Lipinski definition) is 8. The number of anilines is 2. The van der Waals surface area contributed by atoms with Gasteiger partial charge in [0.15, 0.2) is 5.54 Å². The van der Waals surface area contributed by atoms with E-state index in [2.05, 4.69) is 15.3 Å². The number of nitriles is 1. The third-order valence-corrected chi connectivity index (χ3v) is 5.26. The molecule has 0 radical (unpaired) electrons. The van der Waals surface area contributed by atoms with Gasteiger partial charge in [-0.2, -0.15) is 18.4 Å². The number of benzene rings is 1. The molecule has 0 bridgehead atoms. The maximum atomic E-state index is 13.2. The fourth-order valence-electron chi connectivity index (χ4n) is 3.11. The molecule has 0 fully saturated rings. The molecule has 8 nitrogen and oxygen atoms in total. The molecule has 166 valence electrons. The van der Waals surface area contributed by atoms with Gasteiger partial charge in [-0.05, 0) is 50.3 Å². The number of nitrogens with zero attached hydrogens (tertiary/aromatic N) is 3. The molecule has 1 aromatic carbocycles. The summed E-state index contributed by atoms with van der Waals surface area (Å²) in [5, 5.41) is 12.8. The van der Waals surface area contributed by atoms with Crippen LogP contribution >= 0.6 is 11.8 Å². The summed E-state index contributed by atoms with van der Waals surface area (Å²) in [5.41, 5.74) is 14.2. The first-order chi connectivity index (χ1) is 14.6. The quantitative estimate of drug-likeness (QED) is 0.256. The molecule has 0 saturated heterocycles. The molecule has 0 aliphatic rings. The SMILES string of the molecule is CSc1nc(N)nc([C@](CCCCN)(Nc2cccc(C(F)(F)F)c2)C(N)=O)c1C#N. The molecule has 0 aliphatic carbocycles. The highest BCUT2D eigenvalue weighted by molar-refractivity contribution is 7.98. The van der Waals surface area contributed by atoms with Crippen molar-refractivity contribution in [3.63, 3.8) is 0 Å². The number of nitrogens with one attached hydrogen (secondary N) is 1. The van der Waals surface area contributed by atoms with Crippen LogP contribution in [0.1, 0.15) is 36.1 Å². The van der Waals surface area contributed by atoms with Gasteiger partial charge in [0, 0.05) is 5.69 Å². The lowest BCUT2D eigenvalue weighted by Gasteiger charge is -2.33. The third-order valence-electron chi connectivity index (χ3n) is 4.58. The van der Waals surface area contributed by atoms with E-state index < -0.39 is 23.2 Å². The van der Waals surface area contributed by atoms with Gasteiger partial charge < -0.3 is 22.5 Å². The van der Waals surface area contributed by atoms with E-state index in [1.54, 1.807) is 6.26 Å². The maximum Gasteiger partial charge on any atom is 0.416 e. The summed E-state index contributed by atoms with van der Waals surface area (Å²) in [6, 6.07) is 6.28. The molecule has 12 heteroatoms. The highest BCUT2D eigenvalue weighted by Crippen LogP contribution is 2.37. The predicted octanol–water partition coefficient (Wildman–Crippen LogP) is 2.59. The van der Waals surface area contributed by atoms with Crippen LogP contribution in [0.25, 0.3) is 0 Å². The van der Waals surface area contributed by atoms with Gasteiger partial charge in [0.05, 0.1) is 5.56 Å². The summed E-state index contributed by atoms with van der Waals surface area (Å²) in [6.45, 7) is 0.325. The van der Waals surface area contributed by atoms with Crippen molar-refractivity contribution in [1.82, 2.24) is 9.97 Å². The molecule has 0 spiro atoms. The second-order valence-electron chi connectivity index (χ2n) is 6.65. The van der Waals surface area contributed by atoms with Crippen LogP contribution in [0.5, 0.6) is 0 Å². The number of carbonyl (C=O) groups excluding carboxylic acids is 1. The number of carbonyl (C=O) groups is 1. The first-order valence-electron chi connectivity index (χ1n) is 9.16. The van der Waals surface area contributed by atoms with Crippen molar-refractivity contribution in [3.8, 4) is 6.07 Å². The fraction of sp³-hybridized carbons (Fsp3) is 0.368. The molecule has 2 rings (SSSR count). The number of nitrogens with two attached hydrogens (primary N) is 3. The molecular weight excluding hydrogens is 431 g/mol. The molecule has 0 unspecified atom stereocenters. The van der Waals surface area contributed by atoms with Gasteiger partial charge >= 0.3 is 6.18 Å². The number of nitrogen functional groups attached to an aromatic ring is 1. The van der Waals surface area contributed by atoms with Crippen molar-refractivity contribution < 1.29 is 18.0 Å². The minimum absolute atomic E-state index is 0.0202. The lowest BCUT2D eigenvalue weighted by molar-refractivity contribution is -0.137. The monoisotopic (exact) mass is 453 g/mol. The van der Waals surface area contributed by atoms with E-state index in [0.29, 0.717) is 19.4 Å². The van der Waals surface area contributed by atoms with Gasteiger partial charge in [-0.15, -0.1) is 11.8 Å². The third kappa shape index (κ3) is 5.36. The summed E-state index contributed by atoms with van der Waals surface area (Å²) in [6.07, 6.45) is -2.01. The van der Waals surface area contributed by atoms with E-state index in [1.807, 2.05) is 6.07 Å². The van der Waals surface area contributed by atoms with Gasteiger partial charge in [-0.3, -0.25) is 4.79 Å². The van der Waals surface area contributed by atoms with Crippen LogP contribution in [0, 0.1) is 11.3 Å². The number of amides is 1. The Bertz CT molecular complexity index is 993. The zero-order valence-electron chi connectivity index (χ0n) is 16.7. The normalized spacial score (nSPS) is 13.3. The van der Waals surface area contributed by atoms with E-state index >= 15 is 0 Å². The Labute approximate surface area is 181 Å². The van der Waals surface area contributed by atoms with Gasteiger partial charge in [0.25, 0.3) is 0 Å². The average Bonchev–Trinajstić information content (AvgIpc) is 2.71. The number of halogens is 3. The van der Waals surface area contributed by atoms with Crippen molar-refractivity contribution in [2.45, 2.75) is 36.0 Å². The Hall–Kier alpha value is -3.04. The molecule has 0 saturated carbocycles. The van der Waals surface area contributed by atoms with Gasteiger partial charge in [0.1, 0.15) is 22.4 Å². The van der Waals surface area contributed by atoms with E-state index in [4.69, 9.17) is 17.2 Å². The molecule has 31 heavy (non-hydrogen) atoms. The van der Waals surface area contributed by atoms with Crippen LogP contribution in [-0.4, -0.2) is 28.7 Å². The Balaban J connectivity index is 2.73. The first-order valence-corrected chi connectivity index (χ1v) is 10.4. The molecule has 2 aromatic rings. The Morgan fingerprint density at radius 1 is 1.29 bits per heavy atom. The molecule has 0 aliphatic heterocycles. The molecule has 1 amide bonds. The lowest BCUT2D eigenvalue weighted by Crippen LogP contribution is -2.49. The summed E-state index contributed by atoms with van der Waals surface area (Å²) in [5.74, 6) is -1.13. The molecule has 1 heterocycles. The van der Waals surface area contributed by atoms with Crippen LogP contribution in [0.4, 0.5) is 24.8 Å². The molecule has 7 N–H and O–H groups in total. The van der Waals surface area contributed by atoms with Crippen molar-refractivity contribution in [2.24, 2.45) is 11.5 Å². The van der Waals surface area contributed by atoms with Crippen LogP contribution in [-0.2, 0) is 16.5 Å². The Morgan fingerprint density at radius 3 is 2.55 bits per heavy atom.